The highest BCUT2D eigenvalue weighted by molar-refractivity contribution is 5.80. The Bertz CT molecular complexity index is 467. The van der Waals surface area contributed by atoms with Crippen LogP contribution in [0.15, 0.2) is 18.5 Å². The predicted molar refractivity (Wildman–Crippen MR) is 76.7 cm³/mol. The first-order valence-corrected chi connectivity index (χ1v) is 7.37. The molecule has 1 aliphatic heterocycles. The molecule has 0 bridgehead atoms. The summed E-state index contributed by atoms with van der Waals surface area (Å²) < 4.78 is 6.67. The molecular formula is C14H22N4O3. The van der Waals surface area contributed by atoms with Gasteiger partial charge in [-0.3, -0.25) is 9.48 Å². The van der Waals surface area contributed by atoms with Gasteiger partial charge in [-0.1, -0.05) is 6.92 Å². The van der Waals surface area contributed by atoms with Crippen LogP contribution in [0.3, 0.4) is 0 Å². The van der Waals surface area contributed by atoms with E-state index in [0.717, 1.165) is 0 Å². The van der Waals surface area contributed by atoms with E-state index in [4.69, 9.17) is 4.74 Å². The van der Waals surface area contributed by atoms with Crippen LogP contribution in [0.5, 0.6) is 0 Å². The first kappa shape index (κ1) is 15.3. The lowest BCUT2D eigenvalue weighted by atomic mass is 10.2. The van der Waals surface area contributed by atoms with Crippen molar-refractivity contribution in [3.8, 4) is 0 Å². The molecule has 1 saturated heterocycles. The lowest BCUT2D eigenvalue weighted by Gasteiger charge is -2.35. The van der Waals surface area contributed by atoms with E-state index < -0.39 is 0 Å². The Morgan fingerprint density at radius 1 is 1.19 bits per heavy atom. The van der Waals surface area contributed by atoms with Gasteiger partial charge < -0.3 is 14.5 Å². The van der Waals surface area contributed by atoms with E-state index in [1.807, 2.05) is 13.0 Å². The number of aromatic nitrogens is 2. The quantitative estimate of drug-likeness (QED) is 0.835. The summed E-state index contributed by atoms with van der Waals surface area (Å²) in [5.41, 5.74) is 0. The minimum absolute atomic E-state index is 0.0599. The van der Waals surface area contributed by atoms with E-state index in [2.05, 4.69) is 5.10 Å². The minimum atomic E-state index is -0.302. The Kier molecular flexibility index (Phi) is 5.19. The third-order valence-electron chi connectivity index (χ3n) is 3.63. The van der Waals surface area contributed by atoms with Gasteiger partial charge in [-0.2, -0.15) is 5.10 Å². The molecule has 0 aliphatic carbocycles. The highest BCUT2D eigenvalue weighted by Crippen LogP contribution is 2.15. The summed E-state index contributed by atoms with van der Waals surface area (Å²) in [5, 5.41) is 4.16. The van der Waals surface area contributed by atoms with E-state index >= 15 is 0 Å². The Hall–Kier alpha value is -2.05. The normalized spacial score (nSPS) is 16.7. The summed E-state index contributed by atoms with van der Waals surface area (Å²) >= 11 is 0. The molecule has 1 atom stereocenters. The van der Waals surface area contributed by atoms with Gasteiger partial charge in [0.2, 0.25) is 5.91 Å². The molecule has 0 spiro atoms. The second-order valence-corrected chi connectivity index (χ2v) is 4.92. The standard InChI is InChI=1S/C14H22N4O3/c1-3-12(18-7-5-6-15-18)13(19)16-8-10-17(11-9-16)14(20)21-4-2/h5-7,12H,3-4,8-11H2,1-2H3/t12-/m0/s1. The van der Waals surface area contributed by atoms with Crippen molar-refractivity contribution in [1.82, 2.24) is 19.6 Å². The Labute approximate surface area is 124 Å². The summed E-state index contributed by atoms with van der Waals surface area (Å²) in [6.45, 7) is 6.23. The maximum absolute atomic E-state index is 12.6. The van der Waals surface area contributed by atoms with Crippen molar-refractivity contribution < 1.29 is 14.3 Å². The lowest BCUT2D eigenvalue weighted by molar-refractivity contribution is -0.136. The average molecular weight is 294 g/mol. The molecule has 116 valence electrons. The van der Waals surface area contributed by atoms with E-state index in [-0.39, 0.29) is 18.0 Å². The molecule has 21 heavy (non-hydrogen) atoms. The highest BCUT2D eigenvalue weighted by Gasteiger charge is 2.29. The van der Waals surface area contributed by atoms with Crippen LogP contribution in [0, 0.1) is 0 Å². The van der Waals surface area contributed by atoms with Gasteiger partial charge in [-0.25, -0.2) is 4.79 Å². The molecule has 1 aromatic rings. The van der Waals surface area contributed by atoms with Crippen LogP contribution in [0.1, 0.15) is 26.3 Å². The number of rotatable bonds is 4. The predicted octanol–water partition coefficient (Wildman–Crippen LogP) is 1.13. The number of carbonyl (C=O) groups is 2. The van der Waals surface area contributed by atoms with Gasteiger partial charge in [0.25, 0.3) is 0 Å². The zero-order valence-electron chi connectivity index (χ0n) is 12.6. The number of hydrogen-bond acceptors (Lipinski definition) is 4. The number of carbonyl (C=O) groups excluding carboxylic acids is 2. The summed E-state index contributed by atoms with van der Waals surface area (Å²) in [5.74, 6) is 0.0599. The molecule has 1 fully saturated rings. The summed E-state index contributed by atoms with van der Waals surface area (Å²) in [4.78, 5) is 27.6. The van der Waals surface area contributed by atoms with Crippen molar-refractivity contribution >= 4 is 12.0 Å². The van der Waals surface area contributed by atoms with E-state index in [9.17, 15) is 9.59 Å². The Morgan fingerprint density at radius 3 is 2.38 bits per heavy atom. The molecule has 0 N–H and O–H groups in total. The Balaban J connectivity index is 1.92. The number of amides is 2. The van der Waals surface area contributed by atoms with Crippen LogP contribution in [0.4, 0.5) is 4.79 Å². The fourth-order valence-electron chi connectivity index (χ4n) is 2.47. The molecular weight excluding hydrogens is 272 g/mol. The van der Waals surface area contributed by atoms with Crippen LogP contribution < -0.4 is 0 Å². The number of hydrogen-bond donors (Lipinski definition) is 0. The summed E-state index contributed by atoms with van der Waals surface area (Å²) in [6, 6.07) is 1.54. The molecule has 0 aromatic carbocycles. The zero-order chi connectivity index (χ0) is 15.2. The van der Waals surface area contributed by atoms with Crippen molar-refractivity contribution in [2.24, 2.45) is 0 Å². The van der Waals surface area contributed by atoms with E-state index in [1.165, 1.54) is 0 Å². The van der Waals surface area contributed by atoms with Gasteiger partial charge in [0.1, 0.15) is 6.04 Å². The van der Waals surface area contributed by atoms with Crippen LogP contribution >= 0.6 is 0 Å². The molecule has 1 aromatic heterocycles. The smallest absolute Gasteiger partial charge is 0.409 e. The van der Waals surface area contributed by atoms with Crippen LogP contribution in [-0.4, -0.2) is 64.4 Å². The lowest BCUT2D eigenvalue weighted by Crippen LogP contribution is -2.52. The highest BCUT2D eigenvalue weighted by atomic mass is 16.6. The molecule has 0 saturated carbocycles. The van der Waals surface area contributed by atoms with E-state index in [1.54, 1.807) is 33.8 Å². The molecule has 1 aliphatic rings. The molecule has 0 radical (unpaired) electrons. The van der Waals surface area contributed by atoms with Crippen molar-refractivity contribution in [2.45, 2.75) is 26.3 Å². The van der Waals surface area contributed by atoms with Gasteiger partial charge in [0.15, 0.2) is 0 Å². The minimum Gasteiger partial charge on any atom is -0.450 e. The van der Waals surface area contributed by atoms with E-state index in [0.29, 0.717) is 39.2 Å². The molecule has 2 amide bonds. The van der Waals surface area contributed by atoms with Gasteiger partial charge in [-0.05, 0) is 19.4 Å². The van der Waals surface area contributed by atoms with Crippen LogP contribution in [0.2, 0.25) is 0 Å². The number of nitrogens with zero attached hydrogens (tertiary/aromatic N) is 4. The van der Waals surface area contributed by atoms with Crippen LogP contribution in [-0.2, 0) is 9.53 Å². The summed E-state index contributed by atoms with van der Waals surface area (Å²) in [7, 11) is 0. The number of piperazine rings is 1. The summed E-state index contributed by atoms with van der Waals surface area (Å²) in [6.07, 6.45) is 3.87. The molecule has 7 nitrogen and oxygen atoms in total. The maximum atomic E-state index is 12.6. The van der Waals surface area contributed by atoms with Gasteiger partial charge >= 0.3 is 6.09 Å². The van der Waals surface area contributed by atoms with Crippen LogP contribution in [0.25, 0.3) is 0 Å². The van der Waals surface area contributed by atoms with Gasteiger partial charge in [-0.15, -0.1) is 0 Å². The molecule has 7 heteroatoms. The average Bonchev–Trinajstić information content (AvgIpc) is 3.02. The largest absolute Gasteiger partial charge is 0.450 e. The third-order valence-corrected chi connectivity index (χ3v) is 3.63. The second-order valence-electron chi connectivity index (χ2n) is 4.92. The third kappa shape index (κ3) is 3.53. The molecule has 2 rings (SSSR count). The maximum Gasteiger partial charge on any atom is 0.409 e. The van der Waals surface area contributed by atoms with Crippen molar-refractivity contribution in [3.63, 3.8) is 0 Å². The first-order chi connectivity index (χ1) is 10.2. The van der Waals surface area contributed by atoms with Crippen molar-refractivity contribution in [1.29, 1.82) is 0 Å². The molecule has 0 unspecified atom stereocenters. The first-order valence-electron chi connectivity index (χ1n) is 7.37. The monoisotopic (exact) mass is 294 g/mol. The SMILES string of the molecule is CCOC(=O)N1CCN(C(=O)[C@H](CC)n2cccn2)CC1. The Morgan fingerprint density at radius 2 is 1.86 bits per heavy atom. The fraction of sp³-hybridized carbons (Fsp3) is 0.643. The number of ether oxygens (including phenoxy) is 1. The topological polar surface area (TPSA) is 67.7 Å². The molecule has 2 heterocycles. The fourth-order valence-corrected chi connectivity index (χ4v) is 2.47. The van der Waals surface area contributed by atoms with Gasteiger partial charge in [0, 0.05) is 38.6 Å². The zero-order valence-corrected chi connectivity index (χ0v) is 12.6. The second kappa shape index (κ2) is 7.10. The van der Waals surface area contributed by atoms with Crippen molar-refractivity contribution in [2.75, 3.05) is 32.8 Å². The van der Waals surface area contributed by atoms with Gasteiger partial charge in [0.05, 0.1) is 6.61 Å². The van der Waals surface area contributed by atoms with Crippen molar-refractivity contribution in [3.05, 3.63) is 18.5 Å².